The molecule has 1 unspecified atom stereocenters. The summed E-state index contributed by atoms with van der Waals surface area (Å²) < 4.78 is 0. The van der Waals surface area contributed by atoms with Gasteiger partial charge in [-0.3, -0.25) is 0 Å². The maximum absolute atomic E-state index is 6.38. The fourth-order valence-corrected chi connectivity index (χ4v) is 2.88. The van der Waals surface area contributed by atoms with Crippen molar-refractivity contribution in [3.8, 4) is 0 Å². The van der Waals surface area contributed by atoms with E-state index in [1.165, 1.54) is 31.5 Å². The van der Waals surface area contributed by atoms with Crippen LogP contribution in [0, 0.1) is 5.92 Å². The van der Waals surface area contributed by atoms with Gasteiger partial charge in [0.2, 0.25) is 0 Å². The van der Waals surface area contributed by atoms with Crippen LogP contribution in [0.2, 0.25) is 5.02 Å². The van der Waals surface area contributed by atoms with Crippen LogP contribution < -0.4 is 5.73 Å². The van der Waals surface area contributed by atoms with E-state index in [0.29, 0.717) is 12.0 Å². The maximum atomic E-state index is 6.38. The molecule has 1 heterocycles. The zero-order valence-electron chi connectivity index (χ0n) is 11.3. The number of piperidine rings is 1. The third kappa shape index (κ3) is 3.25. The van der Waals surface area contributed by atoms with Crippen molar-refractivity contribution in [2.45, 2.75) is 38.8 Å². The van der Waals surface area contributed by atoms with Crippen molar-refractivity contribution in [2.75, 3.05) is 13.1 Å². The Morgan fingerprint density at radius 1 is 1.17 bits per heavy atom. The molecule has 2 N–H and O–H groups in total. The van der Waals surface area contributed by atoms with Crippen molar-refractivity contribution >= 4 is 11.6 Å². The Labute approximate surface area is 115 Å². The smallest absolute Gasteiger partial charge is 0.0406 e. The molecular weight excluding hydrogens is 244 g/mol. The number of hydrogen-bond acceptors (Lipinski definition) is 2. The Balaban J connectivity index is 1.95. The average molecular weight is 267 g/mol. The zero-order valence-corrected chi connectivity index (χ0v) is 12.0. The van der Waals surface area contributed by atoms with Crippen LogP contribution in [0.5, 0.6) is 0 Å². The summed E-state index contributed by atoms with van der Waals surface area (Å²) in [6, 6.07) is 8.78. The lowest BCUT2D eigenvalue weighted by atomic mass is 9.85. The van der Waals surface area contributed by atoms with Gasteiger partial charge >= 0.3 is 0 Å². The molecule has 1 fully saturated rings. The highest BCUT2D eigenvalue weighted by atomic mass is 35.5. The highest BCUT2D eigenvalue weighted by Crippen LogP contribution is 2.30. The first-order chi connectivity index (χ1) is 8.58. The highest BCUT2D eigenvalue weighted by Gasteiger charge is 2.25. The number of hydrogen-bond donors (Lipinski definition) is 1. The van der Waals surface area contributed by atoms with E-state index in [-0.39, 0.29) is 6.04 Å². The lowest BCUT2D eigenvalue weighted by Gasteiger charge is -2.37. The van der Waals surface area contributed by atoms with Crippen LogP contribution in [0.1, 0.15) is 38.3 Å². The van der Waals surface area contributed by atoms with Crippen LogP contribution in [-0.2, 0) is 0 Å². The van der Waals surface area contributed by atoms with Crippen LogP contribution >= 0.6 is 11.6 Å². The van der Waals surface area contributed by atoms with Gasteiger partial charge in [0.05, 0.1) is 0 Å². The lowest BCUT2D eigenvalue weighted by Crippen LogP contribution is -2.40. The van der Waals surface area contributed by atoms with Gasteiger partial charge in [0.15, 0.2) is 0 Å². The Kier molecular flexibility index (Phi) is 4.66. The number of nitrogens with two attached hydrogens (primary N) is 1. The molecule has 0 spiro atoms. The molecule has 1 aromatic rings. The fourth-order valence-electron chi connectivity index (χ4n) is 2.75. The molecule has 0 saturated carbocycles. The Bertz CT molecular complexity index is 367. The molecule has 2 rings (SSSR count). The molecule has 18 heavy (non-hydrogen) atoms. The van der Waals surface area contributed by atoms with Gasteiger partial charge in [-0.2, -0.15) is 0 Å². The minimum absolute atomic E-state index is 0.150. The number of halogens is 1. The Morgan fingerprint density at radius 3 is 2.22 bits per heavy atom. The standard InChI is InChI=1S/C15H23ClN2/c1-11(2)18-9-7-13(8-10-18)15(17)12-3-5-14(16)6-4-12/h3-6,11,13,15H,7-10,17H2,1-2H3. The Hall–Kier alpha value is -0.570. The predicted molar refractivity (Wildman–Crippen MR) is 77.8 cm³/mol. The largest absolute Gasteiger partial charge is 0.324 e. The van der Waals surface area contributed by atoms with Gasteiger partial charge in [-0.1, -0.05) is 23.7 Å². The minimum atomic E-state index is 0.150. The maximum Gasteiger partial charge on any atom is 0.0406 e. The molecule has 0 radical (unpaired) electrons. The second kappa shape index (κ2) is 6.05. The van der Waals surface area contributed by atoms with Gasteiger partial charge in [-0.15, -0.1) is 0 Å². The average Bonchev–Trinajstić information content (AvgIpc) is 2.39. The molecule has 1 atom stereocenters. The zero-order chi connectivity index (χ0) is 13.1. The molecule has 1 aliphatic heterocycles. The van der Waals surface area contributed by atoms with Gasteiger partial charge in [0.25, 0.3) is 0 Å². The summed E-state index contributed by atoms with van der Waals surface area (Å²) in [4.78, 5) is 2.53. The van der Waals surface area contributed by atoms with E-state index in [9.17, 15) is 0 Å². The molecule has 3 heteroatoms. The molecule has 0 amide bonds. The monoisotopic (exact) mass is 266 g/mol. The van der Waals surface area contributed by atoms with Crippen molar-refractivity contribution in [2.24, 2.45) is 11.7 Å². The second-order valence-electron chi connectivity index (χ2n) is 5.54. The van der Waals surface area contributed by atoms with E-state index in [2.05, 4.69) is 30.9 Å². The van der Waals surface area contributed by atoms with Crippen LogP contribution in [0.4, 0.5) is 0 Å². The first-order valence-electron chi connectivity index (χ1n) is 6.83. The van der Waals surface area contributed by atoms with Crippen LogP contribution in [0.15, 0.2) is 24.3 Å². The normalized spacial score (nSPS) is 20.3. The molecular formula is C15H23ClN2. The summed E-state index contributed by atoms with van der Waals surface area (Å²) >= 11 is 5.91. The van der Waals surface area contributed by atoms with Crippen LogP contribution in [0.25, 0.3) is 0 Å². The third-order valence-corrected chi connectivity index (χ3v) is 4.32. The first-order valence-corrected chi connectivity index (χ1v) is 7.21. The van der Waals surface area contributed by atoms with E-state index in [1.807, 2.05) is 12.1 Å². The van der Waals surface area contributed by atoms with E-state index in [1.54, 1.807) is 0 Å². The molecule has 1 aromatic carbocycles. The number of nitrogens with zero attached hydrogens (tertiary/aromatic N) is 1. The van der Waals surface area contributed by atoms with Gasteiger partial charge < -0.3 is 10.6 Å². The number of benzene rings is 1. The number of likely N-dealkylation sites (tertiary alicyclic amines) is 1. The van der Waals surface area contributed by atoms with Crippen molar-refractivity contribution in [3.63, 3.8) is 0 Å². The van der Waals surface area contributed by atoms with Gasteiger partial charge in [0, 0.05) is 17.1 Å². The summed E-state index contributed by atoms with van der Waals surface area (Å²) in [7, 11) is 0. The summed E-state index contributed by atoms with van der Waals surface area (Å²) in [5.74, 6) is 0.598. The minimum Gasteiger partial charge on any atom is -0.324 e. The number of rotatable bonds is 3. The van der Waals surface area contributed by atoms with E-state index < -0.39 is 0 Å². The van der Waals surface area contributed by atoms with Gasteiger partial charge in [-0.05, 0) is 63.4 Å². The van der Waals surface area contributed by atoms with E-state index >= 15 is 0 Å². The quantitative estimate of drug-likeness (QED) is 0.908. The molecule has 1 aliphatic rings. The molecule has 2 nitrogen and oxygen atoms in total. The van der Waals surface area contributed by atoms with Gasteiger partial charge in [0.1, 0.15) is 0 Å². The van der Waals surface area contributed by atoms with Crippen molar-refractivity contribution < 1.29 is 0 Å². The van der Waals surface area contributed by atoms with Crippen molar-refractivity contribution in [3.05, 3.63) is 34.9 Å². The topological polar surface area (TPSA) is 29.3 Å². The second-order valence-corrected chi connectivity index (χ2v) is 5.98. The summed E-state index contributed by atoms with van der Waals surface area (Å²) in [5, 5.41) is 0.778. The third-order valence-electron chi connectivity index (χ3n) is 4.07. The fraction of sp³-hybridized carbons (Fsp3) is 0.600. The predicted octanol–water partition coefficient (Wildman–Crippen LogP) is 3.46. The highest BCUT2D eigenvalue weighted by molar-refractivity contribution is 6.30. The summed E-state index contributed by atoms with van der Waals surface area (Å²) in [5.41, 5.74) is 7.59. The van der Waals surface area contributed by atoms with Crippen molar-refractivity contribution in [1.29, 1.82) is 0 Å². The molecule has 0 aromatic heterocycles. The summed E-state index contributed by atoms with van der Waals surface area (Å²) in [6.07, 6.45) is 2.39. The van der Waals surface area contributed by atoms with Crippen molar-refractivity contribution in [1.82, 2.24) is 4.90 Å². The molecule has 0 bridgehead atoms. The van der Waals surface area contributed by atoms with Gasteiger partial charge in [-0.25, -0.2) is 0 Å². The molecule has 100 valence electrons. The van der Waals surface area contributed by atoms with E-state index in [0.717, 1.165) is 5.02 Å². The summed E-state index contributed by atoms with van der Waals surface area (Å²) in [6.45, 7) is 6.87. The SMILES string of the molecule is CC(C)N1CCC(C(N)c2ccc(Cl)cc2)CC1. The van der Waals surface area contributed by atoms with Crippen LogP contribution in [0.3, 0.4) is 0 Å². The first kappa shape index (κ1) is 13.9. The van der Waals surface area contributed by atoms with Crippen LogP contribution in [-0.4, -0.2) is 24.0 Å². The molecule has 1 saturated heterocycles. The lowest BCUT2D eigenvalue weighted by molar-refractivity contribution is 0.138. The Morgan fingerprint density at radius 2 is 1.72 bits per heavy atom. The molecule has 0 aliphatic carbocycles. The van der Waals surface area contributed by atoms with E-state index in [4.69, 9.17) is 17.3 Å².